The van der Waals surface area contributed by atoms with Crippen LogP contribution in [0, 0.1) is 46.3 Å². The molecular weight excluding hydrogens is 326 g/mol. The molecule has 4 aliphatic carbocycles. The Morgan fingerprint density at radius 1 is 0.815 bits per heavy atom. The van der Waals surface area contributed by atoms with Crippen LogP contribution in [-0.4, -0.2) is 6.54 Å². The number of unbranched alkanes of at least 4 members (excludes halogenated alkanes) is 3. The SMILES string of the molecule is CCCCCC[C@H]1CCC2C3CCC4C[C@H](CN)CC[C@]4(C)C3CC[C@@]21C. The molecule has 4 unspecified atom stereocenters. The van der Waals surface area contributed by atoms with Gasteiger partial charge in [-0.2, -0.15) is 0 Å². The highest BCUT2D eigenvalue weighted by atomic mass is 14.7. The summed E-state index contributed by atoms with van der Waals surface area (Å²) in [5.74, 6) is 5.99. The van der Waals surface area contributed by atoms with Crippen molar-refractivity contribution in [2.45, 2.75) is 111 Å². The van der Waals surface area contributed by atoms with Gasteiger partial charge in [0, 0.05) is 0 Å². The van der Waals surface area contributed by atoms with Gasteiger partial charge in [0.15, 0.2) is 0 Å². The highest BCUT2D eigenvalue weighted by Gasteiger charge is 2.59. The van der Waals surface area contributed by atoms with Crippen LogP contribution in [0.2, 0.25) is 0 Å². The van der Waals surface area contributed by atoms with Crippen LogP contribution in [0.15, 0.2) is 0 Å². The van der Waals surface area contributed by atoms with Crippen molar-refractivity contribution in [2.24, 2.45) is 52.1 Å². The van der Waals surface area contributed by atoms with Crippen molar-refractivity contribution in [1.82, 2.24) is 0 Å². The molecule has 0 aliphatic heterocycles. The van der Waals surface area contributed by atoms with Crippen LogP contribution >= 0.6 is 0 Å². The first kappa shape index (κ1) is 20.2. The van der Waals surface area contributed by atoms with Crippen LogP contribution in [-0.2, 0) is 0 Å². The van der Waals surface area contributed by atoms with Crippen LogP contribution in [0.1, 0.15) is 111 Å². The maximum absolute atomic E-state index is 6.06. The molecule has 0 spiro atoms. The zero-order valence-corrected chi connectivity index (χ0v) is 18.6. The molecule has 1 nitrogen and oxygen atoms in total. The number of fused-ring (bicyclic) bond motifs is 5. The van der Waals surface area contributed by atoms with Gasteiger partial charge in [0.05, 0.1) is 0 Å². The fourth-order valence-corrected chi connectivity index (χ4v) is 8.96. The molecule has 156 valence electrons. The second-order valence-electron chi connectivity index (χ2n) is 11.7. The summed E-state index contributed by atoms with van der Waals surface area (Å²) in [4.78, 5) is 0. The first-order chi connectivity index (χ1) is 13.0. The topological polar surface area (TPSA) is 26.0 Å². The lowest BCUT2D eigenvalue weighted by atomic mass is 9.44. The van der Waals surface area contributed by atoms with E-state index in [1.54, 1.807) is 32.1 Å². The van der Waals surface area contributed by atoms with E-state index in [2.05, 4.69) is 20.8 Å². The normalized spacial score (nSPS) is 49.3. The van der Waals surface area contributed by atoms with Crippen LogP contribution in [0.4, 0.5) is 0 Å². The quantitative estimate of drug-likeness (QED) is 0.490. The predicted molar refractivity (Wildman–Crippen MR) is 117 cm³/mol. The average Bonchev–Trinajstić information content (AvgIpc) is 3.01. The lowest BCUT2D eigenvalue weighted by molar-refractivity contribution is -0.117. The van der Waals surface area contributed by atoms with Gasteiger partial charge in [-0.15, -0.1) is 0 Å². The van der Waals surface area contributed by atoms with Crippen molar-refractivity contribution < 1.29 is 0 Å². The molecule has 0 radical (unpaired) electrons. The fourth-order valence-electron chi connectivity index (χ4n) is 8.96. The van der Waals surface area contributed by atoms with E-state index in [0.29, 0.717) is 10.8 Å². The van der Waals surface area contributed by atoms with Crippen molar-refractivity contribution in [1.29, 1.82) is 0 Å². The van der Waals surface area contributed by atoms with E-state index >= 15 is 0 Å². The van der Waals surface area contributed by atoms with Crippen molar-refractivity contribution in [2.75, 3.05) is 6.54 Å². The number of nitrogens with two attached hydrogens (primary N) is 1. The summed E-state index contributed by atoms with van der Waals surface area (Å²) in [6.07, 6.45) is 20.9. The molecule has 4 saturated carbocycles. The molecule has 0 aromatic heterocycles. The van der Waals surface area contributed by atoms with Crippen LogP contribution in [0.3, 0.4) is 0 Å². The van der Waals surface area contributed by atoms with E-state index in [9.17, 15) is 0 Å². The monoisotopic (exact) mass is 373 g/mol. The Morgan fingerprint density at radius 2 is 1.59 bits per heavy atom. The zero-order valence-electron chi connectivity index (χ0n) is 18.6. The molecule has 0 saturated heterocycles. The summed E-state index contributed by atoms with van der Waals surface area (Å²) in [6.45, 7) is 8.71. The first-order valence-electron chi connectivity index (χ1n) is 12.7. The van der Waals surface area contributed by atoms with Crippen LogP contribution < -0.4 is 5.73 Å². The minimum Gasteiger partial charge on any atom is -0.330 e. The average molecular weight is 374 g/mol. The van der Waals surface area contributed by atoms with E-state index in [1.807, 2.05) is 0 Å². The van der Waals surface area contributed by atoms with Crippen LogP contribution in [0.5, 0.6) is 0 Å². The van der Waals surface area contributed by atoms with Crippen molar-refractivity contribution in [3.8, 4) is 0 Å². The maximum atomic E-state index is 6.06. The smallest absolute Gasteiger partial charge is 0.00488 e. The molecule has 0 aromatic rings. The minimum atomic E-state index is 0.648. The summed E-state index contributed by atoms with van der Waals surface area (Å²) in [5.41, 5.74) is 7.40. The van der Waals surface area contributed by atoms with Gasteiger partial charge >= 0.3 is 0 Å². The van der Waals surface area contributed by atoms with Gasteiger partial charge in [0.1, 0.15) is 0 Å². The number of rotatable bonds is 6. The first-order valence-corrected chi connectivity index (χ1v) is 12.7. The zero-order chi connectivity index (χ0) is 19.1. The summed E-state index contributed by atoms with van der Waals surface area (Å²) in [7, 11) is 0. The van der Waals surface area contributed by atoms with E-state index in [1.165, 1.54) is 57.8 Å². The highest BCUT2D eigenvalue weighted by molar-refractivity contribution is 5.09. The molecule has 0 amide bonds. The predicted octanol–water partition coefficient (Wildman–Crippen LogP) is 7.19. The molecule has 0 bridgehead atoms. The molecule has 4 fully saturated rings. The van der Waals surface area contributed by atoms with Gasteiger partial charge in [-0.1, -0.05) is 46.5 Å². The standard InChI is InChI=1S/C26H47N/c1-4-5-6-7-8-20-10-12-23-22-11-9-21-17-19(18-27)13-15-26(21,3)24(22)14-16-25(20,23)2/h19-24H,4-18,27H2,1-3H3/t19-,20+,21?,22?,23?,24?,25-,26+/m1/s1. The van der Waals surface area contributed by atoms with Crippen molar-refractivity contribution in [3.05, 3.63) is 0 Å². The largest absolute Gasteiger partial charge is 0.330 e. The van der Waals surface area contributed by atoms with Gasteiger partial charge < -0.3 is 5.73 Å². The number of hydrogen-bond donors (Lipinski definition) is 1. The third kappa shape index (κ3) is 3.43. The molecule has 0 heterocycles. The summed E-state index contributed by atoms with van der Waals surface area (Å²) >= 11 is 0. The third-order valence-corrected chi connectivity index (χ3v) is 10.7. The van der Waals surface area contributed by atoms with Gasteiger partial charge in [-0.25, -0.2) is 0 Å². The Balaban J connectivity index is 1.44. The molecule has 8 atom stereocenters. The molecule has 4 aliphatic rings. The van der Waals surface area contributed by atoms with E-state index < -0.39 is 0 Å². The second-order valence-corrected chi connectivity index (χ2v) is 11.7. The molecular formula is C26H47N. The molecule has 2 N–H and O–H groups in total. The van der Waals surface area contributed by atoms with Gasteiger partial charge in [-0.05, 0) is 117 Å². The lowest BCUT2D eigenvalue weighted by Crippen LogP contribution is -2.53. The van der Waals surface area contributed by atoms with Gasteiger partial charge in [0.2, 0.25) is 0 Å². The Labute approximate surface area is 169 Å². The van der Waals surface area contributed by atoms with Crippen molar-refractivity contribution >= 4 is 0 Å². The van der Waals surface area contributed by atoms with E-state index in [4.69, 9.17) is 5.73 Å². The molecule has 0 aromatic carbocycles. The molecule has 1 heteroatoms. The molecule has 4 rings (SSSR count). The fraction of sp³-hybridized carbons (Fsp3) is 1.00. The van der Waals surface area contributed by atoms with Gasteiger partial charge in [-0.3, -0.25) is 0 Å². The minimum absolute atomic E-state index is 0.648. The Hall–Kier alpha value is -0.0400. The Morgan fingerprint density at radius 3 is 2.37 bits per heavy atom. The van der Waals surface area contributed by atoms with E-state index in [0.717, 1.165) is 42.1 Å². The van der Waals surface area contributed by atoms with Gasteiger partial charge in [0.25, 0.3) is 0 Å². The third-order valence-electron chi connectivity index (χ3n) is 10.7. The van der Waals surface area contributed by atoms with E-state index in [-0.39, 0.29) is 0 Å². The van der Waals surface area contributed by atoms with Crippen LogP contribution in [0.25, 0.3) is 0 Å². The second kappa shape index (κ2) is 8.00. The number of hydrogen-bond acceptors (Lipinski definition) is 1. The Kier molecular flexibility index (Phi) is 6.00. The summed E-state index contributed by atoms with van der Waals surface area (Å²) < 4.78 is 0. The Bertz CT molecular complexity index is 500. The summed E-state index contributed by atoms with van der Waals surface area (Å²) in [5, 5.41) is 0. The summed E-state index contributed by atoms with van der Waals surface area (Å²) in [6, 6.07) is 0. The molecule has 27 heavy (non-hydrogen) atoms. The highest BCUT2D eigenvalue weighted by Crippen LogP contribution is 2.68. The van der Waals surface area contributed by atoms with Crippen molar-refractivity contribution in [3.63, 3.8) is 0 Å². The lowest BCUT2D eigenvalue weighted by Gasteiger charge is -2.61. The maximum Gasteiger partial charge on any atom is -0.00488 e.